The van der Waals surface area contributed by atoms with Crippen molar-refractivity contribution in [3.63, 3.8) is 0 Å². The molecule has 1 aliphatic carbocycles. The van der Waals surface area contributed by atoms with Crippen LogP contribution in [0.5, 0.6) is 0 Å². The number of carbonyl (C=O) groups excluding carboxylic acids is 2. The lowest BCUT2D eigenvalue weighted by atomic mass is 10.1. The molecule has 1 saturated carbocycles. The normalized spacial score (nSPS) is 18.7. The molecule has 4 heteroatoms. The second-order valence-electron chi connectivity index (χ2n) is 5.94. The predicted molar refractivity (Wildman–Crippen MR) is 81.0 cm³/mol. The van der Waals surface area contributed by atoms with Crippen molar-refractivity contribution in [2.24, 2.45) is 5.92 Å². The van der Waals surface area contributed by atoms with Crippen LogP contribution in [-0.2, 0) is 11.2 Å². The summed E-state index contributed by atoms with van der Waals surface area (Å²) in [6, 6.07) is 7.84. The Bertz CT molecular complexity index is 526. The first-order chi connectivity index (χ1) is 10.2. The molecule has 0 bridgehead atoms. The van der Waals surface area contributed by atoms with E-state index >= 15 is 0 Å². The first-order valence-electron chi connectivity index (χ1n) is 7.86. The lowest BCUT2D eigenvalue weighted by Crippen LogP contribution is -2.51. The second-order valence-corrected chi connectivity index (χ2v) is 5.94. The Hall–Kier alpha value is -1.84. The summed E-state index contributed by atoms with van der Waals surface area (Å²) in [6.07, 6.45) is 3.07. The van der Waals surface area contributed by atoms with Gasteiger partial charge in [-0.2, -0.15) is 0 Å². The molecule has 2 aliphatic rings. The number of nitrogens with zero attached hydrogens (tertiary/aromatic N) is 2. The van der Waals surface area contributed by atoms with E-state index in [2.05, 4.69) is 6.92 Å². The van der Waals surface area contributed by atoms with Gasteiger partial charge in [-0.25, -0.2) is 0 Å². The van der Waals surface area contributed by atoms with Crippen LogP contribution in [0.15, 0.2) is 24.3 Å². The number of amides is 2. The van der Waals surface area contributed by atoms with Crippen molar-refractivity contribution >= 4 is 11.8 Å². The number of hydrogen-bond acceptors (Lipinski definition) is 2. The minimum Gasteiger partial charge on any atom is -0.339 e. The zero-order chi connectivity index (χ0) is 14.8. The van der Waals surface area contributed by atoms with E-state index in [1.807, 2.05) is 34.1 Å². The van der Waals surface area contributed by atoms with E-state index in [4.69, 9.17) is 0 Å². The van der Waals surface area contributed by atoms with Crippen LogP contribution in [0.4, 0.5) is 0 Å². The number of carbonyl (C=O) groups is 2. The van der Waals surface area contributed by atoms with Crippen molar-refractivity contribution in [1.82, 2.24) is 9.80 Å². The summed E-state index contributed by atoms with van der Waals surface area (Å²) < 4.78 is 0. The average molecular weight is 286 g/mol. The van der Waals surface area contributed by atoms with Gasteiger partial charge >= 0.3 is 0 Å². The fourth-order valence-corrected chi connectivity index (χ4v) is 2.78. The maximum Gasteiger partial charge on any atom is 0.253 e. The van der Waals surface area contributed by atoms with Crippen molar-refractivity contribution in [3.05, 3.63) is 35.4 Å². The Kier molecular flexibility index (Phi) is 3.95. The van der Waals surface area contributed by atoms with E-state index in [0.29, 0.717) is 26.2 Å². The fourth-order valence-electron chi connectivity index (χ4n) is 2.78. The first-order valence-corrected chi connectivity index (χ1v) is 7.86. The van der Waals surface area contributed by atoms with Crippen molar-refractivity contribution in [2.45, 2.75) is 26.2 Å². The Morgan fingerprint density at radius 3 is 2.10 bits per heavy atom. The first kappa shape index (κ1) is 14.1. The largest absolute Gasteiger partial charge is 0.339 e. The van der Waals surface area contributed by atoms with E-state index in [-0.39, 0.29) is 17.7 Å². The quantitative estimate of drug-likeness (QED) is 0.852. The second kappa shape index (κ2) is 5.88. The number of hydrogen-bond donors (Lipinski definition) is 0. The lowest BCUT2D eigenvalue weighted by molar-refractivity contribution is -0.134. The van der Waals surface area contributed by atoms with Gasteiger partial charge in [-0.3, -0.25) is 9.59 Å². The van der Waals surface area contributed by atoms with Gasteiger partial charge in [0.15, 0.2) is 0 Å². The van der Waals surface area contributed by atoms with Crippen LogP contribution < -0.4 is 0 Å². The molecule has 0 unspecified atom stereocenters. The topological polar surface area (TPSA) is 40.6 Å². The fraction of sp³-hybridized carbons (Fsp3) is 0.529. The molecule has 0 N–H and O–H groups in total. The van der Waals surface area contributed by atoms with Crippen LogP contribution in [0, 0.1) is 5.92 Å². The van der Waals surface area contributed by atoms with Gasteiger partial charge in [0.1, 0.15) is 0 Å². The van der Waals surface area contributed by atoms with Crippen molar-refractivity contribution in [2.75, 3.05) is 26.2 Å². The molecule has 0 radical (unpaired) electrons. The molecule has 4 nitrogen and oxygen atoms in total. The summed E-state index contributed by atoms with van der Waals surface area (Å²) in [7, 11) is 0. The molecule has 21 heavy (non-hydrogen) atoms. The molecule has 1 aliphatic heterocycles. The van der Waals surface area contributed by atoms with Crippen LogP contribution in [0.2, 0.25) is 0 Å². The van der Waals surface area contributed by atoms with Crippen molar-refractivity contribution in [3.8, 4) is 0 Å². The van der Waals surface area contributed by atoms with Gasteiger partial charge < -0.3 is 9.80 Å². The summed E-state index contributed by atoms with van der Waals surface area (Å²) in [4.78, 5) is 28.2. The standard InChI is InChI=1S/C17H22N2O2/c1-2-13-3-5-14(6-4-13)16(20)18-9-11-19(12-10-18)17(21)15-7-8-15/h3-6,15H,2,7-12H2,1H3. The van der Waals surface area contributed by atoms with Crippen LogP contribution in [-0.4, -0.2) is 47.8 Å². The maximum absolute atomic E-state index is 12.4. The minimum atomic E-state index is 0.0798. The van der Waals surface area contributed by atoms with Crippen LogP contribution in [0.25, 0.3) is 0 Å². The Balaban J connectivity index is 1.57. The molecule has 1 aromatic carbocycles. The molecule has 2 fully saturated rings. The third-order valence-corrected chi connectivity index (χ3v) is 4.41. The Morgan fingerprint density at radius 1 is 1.00 bits per heavy atom. The van der Waals surface area contributed by atoms with E-state index in [9.17, 15) is 9.59 Å². The van der Waals surface area contributed by atoms with Gasteiger partial charge in [0, 0.05) is 37.7 Å². The van der Waals surface area contributed by atoms with Crippen LogP contribution in [0.1, 0.15) is 35.7 Å². The molecule has 0 aromatic heterocycles. The third-order valence-electron chi connectivity index (χ3n) is 4.41. The molecule has 1 saturated heterocycles. The number of piperazine rings is 1. The molecule has 3 rings (SSSR count). The molecular weight excluding hydrogens is 264 g/mol. The average Bonchev–Trinajstić information content (AvgIpc) is 3.39. The summed E-state index contributed by atoms with van der Waals surface area (Å²) in [6.45, 7) is 4.74. The van der Waals surface area contributed by atoms with Gasteiger partial charge in [0.2, 0.25) is 5.91 Å². The van der Waals surface area contributed by atoms with Crippen molar-refractivity contribution in [1.29, 1.82) is 0 Å². The van der Waals surface area contributed by atoms with Crippen LogP contribution >= 0.6 is 0 Å². The number of aryl methyl sites for hydroxylation is 1. The van der Waals surface area contributed by atoms with E-state index in [1.165, 1.54) is 5.56 Å². The zero-order valence-corrected chi connectivity index (χ0v) is 12.5. The molecule has 0 atom stereocenters. The summed E-state index contributed by atoms with van der Waals surface area (Å²) >= 11 is 0. The molecular formula is C17H22N2O2. The summed E-state index contributed by atoms with van der Waals surface area (Å²) in [5.74, 6) is 0.638. The van der Waals surface area contributed by atoms with Gasteiger partial charge in [0.25, 0.3) is 5.91 Å². The van der Waals surface area contributed by atoms with E-state index in [1.54, 1.807) is 0 Å². The van der Waals surface area contributed by atoms with Gasteiger partial charge in [0.05, 0.1) is 0 Å². The van der Waals surface area contributed by atoms with E-state index < -0.39 is 0 Å². The highest BCUT2D eigenvalue weighted by Crippen LogP contribution is 2.31. The lowest BCUT2D eigenvalue weighted by Gasteiger charge is -2.35. The Labute approximate surface area is 125 Å². The Morgan fingerprint density at radius 2 is 1.57 bits per heavy atom. The monoisotopic (exact) mass is 286 g/mol. The van der Waals surface area contributed by atoms with Gasteiger partial charge in [-0.1, -0.05) is 19.1 Å². The smallest absolute Gasteiger partial charge is 0.253 e. The number of rotatable bonds is 3. The van der Waals surface area contributed by atoms with Gasteiger partial charge in [-0.05, 0) is 37.0 Å². The molecule has 2 amide bonds. The molecule has 0 spiro atoms. The SMILES string of the molecule is CCc1ccc(C(=O)N2CCN(C(=O)C3CC3)CC2)cc1. The predicted octanol–water partition coefficient (Wildman–Crippen LogP) is 1.94. The number of benzene rings is 1. The zero-order valence-electron chi connectivity index (χ0n) is 12.5. The highest BCUT2D eigenvalue weighted by atomic mass is 16.2. The highest BCUT2D eigenvalue weighted by Gasteiger charge is 2.35. The summed E-state index contributed by atoms with van der Waals surface area (Å²) in [5, 5.41) is 0. The molecule has 1 heterocycles. The molecule has 112 valence electrons. The maximum atomic E-state index is 12.4. The third kappa shape index (κ3) is 3.09. The molecule has 1 aromatic rings. The van der Waals surface area contributed by atoms with E-state index in [0.717, 1.165) is 24.8 Å². The minimum absolute atomic E-state index is 0.0798. The van der Waals surface area contributed by atoms with Crippen molar-refractivity contribution < 1.29 is 9.59 Å². The summed E-state index contributed by atoms with van der Waals surface area (Å²) in [5.41, 5.74) is 1.99. The van der Waals surface area contributed by atoms with Gasteiger partial charge in [-0.15, -0.1) is 0 Å². The van der Waals surface area contributed by atoms with Crippen LogP contribution in [0.3, 0.4) is 0 Å². The highest BCUT2D eigenvalue weighted by molar-refractivity contribution is 5.94.